The zero-order chi connectivity index (χ0) is 28.7. The van der Waals surface area contributed by atoms with Crippen molar-refractivity contribution in [2.24, 2.45) is 0 Å². The van der Waals surface area contributed by atoms with E-state index in [1.807, 2.05) is 24.3 Å². The Morgan fingerprint density at radius 1 is 1.02 bits per heavy atom. The van der Waals surface area contributed by atoms with Crippen molar-refractivity contribution in [3.05, 3.63) is 95.8 Å². The van der Waals surface area contributed by atoms with Crippen molar-refractivity contribution < 1.29 is 27.2 Å². The number of amides is 2. The van der Waals surface area contributed by atoms with Crippen LogP contribution in [0.4, 0.5) is 17.6 Å². The second kappa shape index (κ2) is 10.6. The number of halogens is 4. The van der Waals surface area contributed by atoms with E-state index in [1.165, 1.54) is 23.4 Å². The molecule has 1 N–H and O–H groups in total. The fourth-order valence-corrected chi connectivity index (χ4v) is 5.70. The van der Waals surface area contributed by atoms with E-state index in [4.69, 9.17) is 0 Å². The van der Waals surface area contributed by atoms with Gasteiger partial charge in [0.05, 0.1) is 35.6 Å². The van der Waals surface area contributed by atoms with E-state index >= 15 is 4.39 Å². The maximum absolute atomic E-state index is 15.0. The van der Waals surface area contributed by atoms with E-state index in [9.17, 15) is 22.8 Å². The Labute approximate surface area is 233 Å². The van der Waals surface area contributed by atoms with Gasteiger partial charge in [-0.15, -0.1) is 0 Å². The van der Waals surface area contributed by atoms with Crippen molar-refractivity contribution in [1.82, 2.24) is 24.8 Å². The first-order valence-electron chi connectivity index (χ1n) is 13.4. The lowest BCUT2D eigenvalue weighted by molar-refractivity contribution is -0.139. The fraction of sp³-hybridized carbons (Fsp3) is 0.333. The summed E-state index contributed by atoms with van der Waals surface area (Å²) in [5, 5.41) is 2.83. The first-order valence-corrected chi connectivity index (χ1v) is 13.4. The number of likely N-dealkylation sites (tertiary alicyclic amines) is 1. The molecule has 2 amide bonds. The third-order valence-corrected chi connectivity index (χ3v) is 7.85. The molecular formula is C30H27F4N5O2. The Hall–Kier alpha value is -4.28. The van der Waals surface area contributed by atoms with Gasteiger partial charge in [-0.3, -0.25) is 9.59 Å². The van der Waals surface area contributed by atoms with Crippen LogP contribution >= 0.6 is 0 Å². The van der Waals surface area contributed by atoms with Crippen LogP contribution in [0.15, 0.2) is 73.1 Å². The summed E-state index contributed by atoms with van der Waals surface area (Å²) in [5.41, 5.74) is 2.31. The average Bonchev–Trinajstić information content (AvgIpc) is 3.54. The second-order valence-electron chi connectivity index (χ2n) is 10.7. The molecule has 2 fully saturated rings. The van der Waals surface area contributed by atoms with Crippen LogP contribution in [0, 0.1) is 5.95 Å². The number of carbonyl (C=O) groups is 2. The first kappa shape index (κ1) is 26.9. The van der Waals surface area contributed by atoms with Gasteiger partial charge in [-0.1, -0.05) is 48.5 Å². The third kappa shape index (κ3) is 5.40. The topological polar surface area (TPSA) is 80.1 Å². The summed E-state index contributed by atoms with van der Waals surface area (Å²) in [7, 11) is 0. The van der Waals surface area contributed by atoms with Gasteiger partial charge in [-0.05, 0) is 29.7 Å². The maximum atomic E-state index is 15.0. The van der Waals surface area contributed by atoms with Crippen LogP contribution in [0.3, 0.4) is 0 Å². The van der Waals surface area contributed by atoms with Crippen LogP contribution < -0.4 is 5.32 Å². The summed E-state index contributed by atoms with van der Waals surface area (Å²) < 4.78 is 58.0. The molecular weight excluding hydrogens is 538 g/mol. The molecule has 0 radical (unpaired) electrons. The van der Waals surface area contributed by atoms with Crippen molar-refractivity contribution in [3.8, 4) is 0 Å². The quantitative estimate of drug-likeness (QED) is 0.255. The number of benzene rings is 2. The molecule has 0 spiro atoms. The molecule has 41 heavy (non-hydrogen) atoms. The highest BCUT2D eigenvalue weighted by atomic mass is 19.3. The van der Waals surface area contributed by atoms with E-state index in [1.54, 1.807) is 34.9 Å². The van der Waals surface area contributed by atoms with Crippen molar-refractivity contribution in [1.29, 1.82) is 0 Å². The molecule has 2 aliphatic rings. The highest BCUT2D eigenvalue weighted by Crippen LogP contribution is 2.48. The van der Waals surface area contributed by atoms with Gasteiger partial charge < -0.3 is 14.8 Å². The molecule has 3 atom stereocenters. The van der Waals surface area contributed by atoms with Crippen molar-refractivity contribution in [3.63, 3.8) is 0 Å². The minimum absolute atomic E-state index is 0.109. The number of hydrogen-bond acceptors (Lipinski definition) is 4. The van der Waals surface area contributed by atoms with Gasteiger partial charge in [0.15, 0.2) is 0 Å². The molecule has 7 nitrogen and oxygen atoms in total. The van der Waals surface area contributed by atoms with Crippen molar-refractivity contribution >= 4 is 22.8 Å². The lowest BCUT2D eigenvalue weighted by Gasteiger charge is -2.35. The number of para-hydroxylation sites is 2. The second-order valence-corrected chi connectivity index (χ2v) is 10.7. The maximum Gasteiger partial charge on any atom is 0.249 e. The number of nitrogens with one attached hydrogen (secondary N) is 1. The molecule has 1 aliphatic heterocycles. The minimum atomic E-state index is -2.81. The van der Waals surface area contributed by atoms with Crippen LogP contribution in [-0.2, 0) is 16.1 Å². The lowest BCUT2D eigenvalue weighted by atomic mass is 9.77. The Bertz CT molecular complexity index is 1590. The smallest absolute Gasteiger partial charge is 0.249 e. The van der Waals surface area contributed by atoms with Gasteiger partial charge in [0.25, 0.3) is 0 Å². The Morgan fingerprint density at radius 3 is 2.49 bits per heavy atom. The highest BCUT2D eigenvalue weighted by molar-refractivity contribution is 5.89. The van der Waals surface area contributed by atoms with Crippen LogP contribution in [0.25, 0.3) is 11.0 Å². The Morgan fingerprint density at radius 2 is 1.76 bits per heavy atom. The predicted molar refractivity (Wildman–Crippen MR) is 142 cm³/mol. The van der Waals surface area contributed by atoms with E-state index in [-0.39, 0.29) is 30.8 Å². The number of nitrogens with zero attached hydrogens (tertiary/aromatic N) is 4. The highest BCUT2D eigenvalue weighted by Gasteiger charge is 2.47. The normalized spacial score (nSPS) is 21.0. The summed E-state index contributed by atoms with van der Waals surface area (Å²) >= 11 is 0. The number of alkyl halides is 3. The van der Waals surface area contributed by atoms with Crippen LogP contribution in [-0.4, -0.2) is 55.9 Å². The minimum Gasteiger partial charge on any atom is -0.342 e. The summed E-state index contributed by atoms with van der Waals surface area (Å²) in [6.07, 6.45) is -0.913. The number of aromatic nitrogens is 3. The van der Waals surface area contributed by atoms with Gasteiger partial charge in [0.2, 0.25) is 23.7 Å². The summed E-state index contributed by atoms with van der Waals surface area (Å²) in [5.74, 6) is -5.33. The van der Waals surface area contributed by atoms with Crippen molar-refractivity contribution in [2.45, 2.75) is 55.9 Å². The first-order chi connectivity index (χ1) is 19.7. The molecule has 1 saturated heterocycles. The largest absolute Gasteiger partial charge is 0.342 e. The van der Waals surface area contributed by atoms with Crippen LogP contribution in [0.5, 0.6) is 0 Å². The molecule has 6 rings (SSSR count). The molecule has 1 saturated carbocycles. The molecule has 3 unspecified atom stereocenters. The van der Waals surface area contributed by atoms with E-state index in [0.717, 1.165) is 5.52 Å². The van der Waals surface area contributed by atoms with Gasteiger partial charge in [-0.2, -0.15) is 4.39 Å². The number of hydrogen-bond donors (Lipinski definition) is 1. The molecule has 0 bridgehead atoms. The molecule has 212 valence electrons. The van der Waals surface area contributed by atoms with E-state index < -0.39 is 60.7 Å². The van der Waals surface area contributed by atoms with Crippen LogP contribution in [0.2, 0.25) is 0 Å². The fourth-order valence-electron chi connectivity index (χ4n) is 5.70. The molecule has 2 aromatic heterocycles. The molecule has 4 aromatic rings. The SMILES string of the molecule is O=C(NC(c1ccccc1)c1ccc(C2CC(F)(F)C2)c(F)n1)C1CC(F)CN1C(=O)Cn1cnc2ccccc21. The molecule has 1 aliphatic carbocycles. The third-order valence-electron chi connectivity index (χ3n) is 7.85. The zero-order valence-corrected chi connectivity index (χ0v) is 21.9. The number of imidazole rings is 1. The Kier molecular flexibility index (Phi) is 6.96. The summed E-state index contributed by atoms with van der Waals surface area (Å²) in [6.45, 7) is -0.347. The number of carbonyl (C=O) groups excluding carboxylic acids is 2. The molecule has 11 heteroatoms. The van der Waals surface area contributed by atoms with E-state index in [0.29, 0.717) is 11.1 Å². The van der Waals surface area contributed by atoms with Gasteiger partial charge >= 0.3 is 0 Å². The standard InChI is InChI=1S/C30H27F4N5O2/c31-20-12-25(39(15-20)26(40)16-38-17-35-22-8-4-5-9-24(22)38)29(41)37-27(18-6-2-1-3-7-18)23-11-10-21(28(32)36-23)19-13-30(33,34)14-19/h1-11,17,19-20,25,27H,12-16H2,(H,37,41). The van der Waals surface area contributed by atoms with Crippen molar-refractivity contribution in [2.75, 3.05) is 6.54 Å². The van der Waals surface area contributed by atoms with Gasteiger partial charge in [0.1, 0.15) is 18.8 Å². The summed E-state index contributed by atoms with van der Waals surface area (Å²) in [6, 6.07) is 16.9. The average molecular weight is 566 g/mol. The lowest BCUT2D eigenvalue weighted by Crippen LogP contribution is -2.48. The van der Waals surface area contributed by atoms with E-state index in [2.05, 4.69) is 15.3 Å². The monoisotopic (exact) mass is 565 g/mol. The Balaban J connectivity index is 1.23. The number of rotatable bonds is 7. The van der Waals surface area contributed by atoms with Gasteiger partial charge in [0, 0.05) is 24.8 Å². The zero-order valence-electron chi connectivity index (χ0n) is 21.9. The molecule has 3 heterocycles. The number of pyridine rings is 1. The van der Waals surface area contributed by atoms with Gasteiger partial charge in [-0.25, -0.2) is 23.1 Å². The predicted octanol–water partition coefficient (Wildman–Crippen LogP) is 4.93. The molecule has 2 aromatic carbocycles. The number of fused-ring (bicyclic) bond motifs is 1. The summed E-state index contributed by atoms with van der Waals surface area (Å²) in [4.78, 5) is 36.4. The van der Waals surface area contributed by atoms with Crippen LogP contribution in [0.1, 0.15) is 48.0 Å².